The third-order valence-corrected chi connectivity index (χ3v) is 4.02. The smallest absolute Gasteiger partial charge is 0.311 e. The second kappa shape index (κ2) is 6.65. The van der Waals surface area contributed by atoms with E-state index in [1.165, 1.54) is 5.56 Å². The van der Waals surface area contributed by atoms with Crippen LogP contribution in [0.2, 0.25) is 0 Å². The highest BCUT2D eigenvalue weighted by Crippen LogP contribution is 2.23. The first-order valence-corrected chi connectivity index (χ1v) is 7.47. The van der Waals surface area contributed by atoms with Gasteiger partial charge in [-0.2, -0.15) is 0 Å². The first-order chi connectivity index (χ1) is 10.7. The van der Waals surface area contributed by atoms with Gasteiger partial charge in [0.05, 0.1) is 6.04 Å². The Balaban J connectivity index is 1.58. The van der Waals surface area contributed by atoms with Gasteiger partial charge >= 0.3 is 5.97 Å². The largest absolute Gasteiger partial charge is 0.481 e. The van der Waals surface area contributed by atoms with E-state index in [-0.39, 0.29) is 12.5 Å². The lowest BCUT2D eigenvalue weighted by molar-refractivity contribution is -0.136. The predicted octanol–water partition coefficient (Wildman–Crippen LogP) is 1.14. The molecule has 22 heavy (non-hydrogen) atoms. The molecule has 0 unspecified atom stereocenters. The number of aromatic nitrogens is 4. The van der Waals surface area contributed by atoms with Crippen LogP contribution in [0.15, 0.2) is 30.3 Å². The normalized spacial score (nSPS) is 16.7. The number of hydrogen-bond donors (Lipinski definition) is 1. The van der Waals surface area contributed by atoms with Crippen LogP contribution in [-0.2, 0) is 17.8 Å². The molecule has 1 fully saturated rings. The van der Waals surface area contributed by atoms with E-state index in [1.54, 1.807) is 4.68 Å². The van der Waals surface area contributed by atoms with Crippen LogP contribution < -0.4 is 0 Å². The van der Waals surface area contributed by atoms with Crippen LogP contribution >= 0.6 is 0 Å². The number of piperidine rings is 1. The number of nitrogens with zero attached hydrogens (tertiary/aromatic N) is 5. The number of tetrazole rings is 1. The number of likely N-dealkylation sites (tertiary alicyclic amines) is 1. The van der Waals surface area contributed by atoms with Crippen molar-refractivity contribution in [2.45, 2.75) is 31.8 Å². The van der Waals surface area contributed by atoms with Crippen molar-refractivity contribution in [3.05, 3.63) is 41.7 Å². The molecule has 2 heterocycles. The zero-order valence-corrected chi connectivity index (χ0v) is 12.3. The van der Waals surface area contributed by atoms with E-state index < -0.39 is 5.97 Å². The Hall–Kier alpha value is -2.28. The molecule has 0 bridgehead atoms. The molecule has 2 aromatic rings. The number of carbonyl (C=O) groups is 1. The average molecular weight is 301 g/mol. The maximum Gasteiger partial charge on any atom is 0.311 e. The minimum atomic E-state index is -0.905. The van der Waals surface area contributed by atoms with Crippen LogP contribution in [-0.4, -0.2) is 49.3 Å². The van der Waals surface area contributed by atoms with Crippen molar-refractivity contribution < 1.29 is 9.90 Å². The quantitative estimate of drug-likeness (QED) is 0.891. The summed E-state index contributed by atoms with van der Waals surface area (Å²) in [4.78, 5) is 13.2. The van der Waals surface area contributed by atoms with Crippen molar-refractivity contribution in [2.75, 3.05) is 13.1 Å². The minimum Gasteiger partial charge on any atom is -0.481 e. The Morgan fingerprint density at radius 1 is 1.23 bits per heavy atom. The highest BCUT2D eigenvalue weighted by Gasteiger charge is 2.24. The Morgan fingerprint density at radius 3 is 2.64 bits per heavy atom. The molecule has 0 saturated carbocycles. The van der Waals surface area contributed by atoms with Gasteiger partial charge in [-0.25, -0.2) is 4.68 Å². The lowest BCUT2D eigenvalue weighted by Gasteiger charge is -2.32. The van der Waals surface area contributed by atoms with Crippen LogP contribution in [0.3, 0.4) is 0 Å². The van der Waals surface area contributed by atoms with E-state index in [1.807, 2.05) is 6.07 Å². The average Bonchev–Trinajstić information content (AvgIpc) is 2.96. The first-order valence-electron chi connectivity index (χ1n) is 7.47. The summed E-state index contributed by atoms with van der Waals surface area (Å²) in [6.45, 7) is 2.88. The van der Waals surface area contributed by atoms with E-state index in [9.17, 15) is 4.79 Å². The van der Waals surface area contributed by atoms with Gasteiger partial charge in [0.1, 0.15) is 6.42 Å². The molecule has 1 aliphatic heterocycles. The first kappa shape index (κ1) is 14.6. The molecule has 7 nitrogen and oxygen atoms in total. The minimum absolute atomic E-state index is 0.128. The Kier molecular flexibility index (Phi) is 4.43. The molecule has 0 aliphatic carbocycles. The Labute approximate surface area is 128 Å². The summed E-state index contributed by atoms with van der Waals surface area (Å²) in [7, 11) is 0. The van der Waals surface area contributed by atoms with E-state index in [0.29, 0.717) is 5.82 Å². The van der Waals surface area contributed by atoms with Gasteiger partial charge in [0.25, 0.3) is 0 Å². The van der Waals surface area contributed by atoms with Gasteiger partial charge in [-0.1, -0.05) is 30.3 Å². The fourth-order valence-electron chi connectivity index (χ4n) is 2.91. The van der Waals surface area contributed by atoms with Crippen molar-refractivity contribution in [3.63, 3.8) is 0 Å². The molecule has 0 radical (unpaired) electrons. The summed E-state index contributed by atoms with van der Waals surface area (Å²) in [5, 5.41) is 20.3. The van der Waals surface area contributed by atoms with E-state index in [4.69, 9.17) is 5.11 Å². The van der Waals surface area contributed by atoms with Crippen molar-refractivity contribution in [2.24, 2.45) is 0 Å². The van der Waals surface area contributed by atoms with Gasteiger partial charge in [-0.15, -0.1) is 5.10 Å². The van der Waals surface area contributed by atoms with Crippen molar-refractivity contribution >= 4 is 5.97 Å². The van der Waals surface area contributed by atoms with E-state index in [0.717, 1.165) is 32.5 Å². The van der Waals surface area contributed by atoms with Crippen LogP contribution in [0.25, 0.3) is 0 Å². The molecule has 7 heteroatoms. The third kappa shape index (κ3) is 3.48. The lowest BCUT2D eigenvalue weighted by atomic mass is 10.0. The zero-order valence-electron chi connectivity index (χ0n) is 12.3. The van der Waals surface area contributed by atoms with E-state index >= 15 is 0 Å². The number of aliphatic carboxylic acids is 1. The molecule has 3 rings (SSSR count). The van der Waals surface area contributed by atoms with Crippen LogP contribution in [0.4, 0.5) is 0 Å². The highest BCUT2D eigenvalue weighted by molar-refractivity contribution is 5.68. The predicted molar refractivity (Wildman–Crippen MR) is 79.1 cm³/mol. The maximum atomic E-state index is 10.8. The fourth-order valence-corrected chi connectivity index (χ4v) is 2.91. The standard InChI is InChI=1S/C15H19N5O2/c21-15(22)10-14-16-17-18-20(14)13-6-8-19(9-7-13)11-12-4-2-1-3-5-12/h1-5,13H,6-11H2,(H,21,22). The number of benzene rings is 1. The molecule has 1 aliphatic rings. The number of rotatable bonds is 5. The molecule has 1 N–H and O–H groups in total. The summed E-state index contributed by atoms with van der Waals surface area (Å²) >= 11 is 0. The summed E-state index contributed by atoms with van der Waals surface area (Å²) in [6.07, 6.45) is 1.74. The van der Waals surface area contributed by atoms with Crippen LogP contribution in [0, 0.1) is 0 Å². The highest BCUT2D eigenvalue weighted by atomic mass is 16.4. The lowest BCUT2D eigenvalue weighted by Crippen LogP contribution is -2.35. The molecule has 1 aromatic heterocycles. The summed E-state index contributed by atoms with van der Waals surface area (Å²) in [5.74, 6) is -0.466. The van der Waals surface area contributed by atoms with Gasteiger partial charge < -0.3 is 5.11 Å². The van der Waals surface area contributed by atoms with Crippen LogP contribution in [0.5, 0.6) is 0 Å². The molecule has 116 valence electrons. The van der Waals surface area contributed by atoms with Crippen molar-refractivity contribution in [1.29, 1.82) is 0 Å². The van der Waals surface area contributed by atoms with Gasteiger partial charge in [-0.3, -0.25) is 9.69 Å². The number of carboxylic acid groups (broad SMARTS) is 1. The SMILES string of the molecule is O=C(O)Cc1nnnn1C1CCN(Cc2ccccc2)CC1. The van der Waals surface area contributed by atoms with Crippen LogP contribution in [0.1, 0.15) is 30.3 Å². The second-order valence-electron chi connectivity index (χ2n) is 5.60. The van der Waals surface area contributed by atoms with Crippen molar-refractivity contribution in [3.8, 4) is 0 Å². The molecule has 0 amide bonds. The van der Waals surface area contributed by atoms with Gasteiger partial charge in [0, 0.05) is 19.6 Å². The second-order valence-corrected chi connectivity index (χ2v) is 5.60. The molecule has 0 spiro atoms. The fraction of sp³-hybridized carbons (Fsp3) is 0.467. The number of hydrogen-bond acceptors (Lipinski definition) is 5. The summed E-state index contributed by atoms with van der Waals surface area (Å²) in [5.41, 5.74) is 1.31. The molecular formula is C15H19N5O2. The van der Waals surface area contributed by atoms with Gasteiger partial charge in [-0.05, 0) is 28.8 Å². The topological polar surface area (TPSA) is 84.1 Å². The van der Waals surface area contributed by atoms with Crippen molar-refractivity contribution in [1.82, 2.24) is 25.1 Å². The summed E-state index contributed by atoms with van der Waals surface area (Å²) < 4.78 is 1.69. The Morgan fingerprint density at radius 2 is 1.95 bits per heavy atom. The monoisotopic (exact) mass is 301 g/mol. The number of carboxylic acids is 1. The molecule has 1 saturated heterocycles. The van der Waals surface area contributed by atoms with E-state index in [2.05, 4.69) is 44.7 Å². The third-order valence-electron chi connectivity index (χ3n) is 4.02. The maximum absolute atomic E-state index is 10.8. The van der Waals surface area contributed by atoms with Gasteiger partial charge in [0.2, 0.25) is 0 Å². The molecular weight excluding hydrogens is 282 g/mol. The summed E-state index contributed by atoms with van der Waals surface area (Å²) in [6, 6.07) is 10.6. The molecule has 1 aromatic carbocycles. The van der Waals surface area contributed by atoms with Gasteiger partial charge in [0.15, 0.2) is 5.82 Å². The molecule has 0 atom stereocenters. The zero-order chi connectivity index (χ0) is 15.4. The Bertz CT molecular complexity index is 620.